The molecule has 1 N–H and O–H groups in total. The molecule has 3 atom stereocenters. The van der Waals surface area contributed by atoms with Crippen LogP contribution >= 0.6 is 0 Å². The summed E-state index contributed by atoms with van der Waals surface area (Å²) in [5, 5.41) is 3.60. The van der Waals surface area contributed by atoms with Crippen LogP contribution in [0.2, 0.25) is 0 Å². The molecule has 1 aliphatic heterocycles. The van der Waals surface area contributed by atoms with E-state index in [0.29, 0.717) is 18.1 Å². The Hall–Kier alpha value is -0.120. The fourth-order valence-corrected chi connectivity index (χ4v) is 2.42. The summed E-state index contributed by atoms with van der Waals surface area (Å²) in [7, 11) is 0. The number of morpholine rings is 1. The predicted molar refractivity (Wildman–Crippen MR) is 68.8 cm³/mol. The molecule has 1 heterocycles. The minimum Gasteiger partial charge on any atom is -0.374 e. The predicted octanol–water partition coefficient (Wildman–Crippen LogP) is 1.73. The van der Waals surface area contributed by atoms with Crippen LogP contribution in [0.5, 0.6) is 0 Å². The number of likely N-dealkylation sites (N-methyl/N-ethyl adjacent to an activating group) is 2. The molecule has 1 saturated heterocycles. The Kier molecular flexibility index (Phi) is 6.32. The van der Waals surface area contributed by atoms with Crippen molar-refractivity contribution in [2.75, 3.05) is 32.8 Å². The van der Waals surface area contributed by atoms with Gasteiger partial charge in [-0.2, -0.15) is 0 Å². The SMILES string of the molecule is CCNC(C(C)CC)C1CN(CC)CCO1. The van der Waals surface area contributed by atoms with Crippen LogP contribution in [0.4, 0.5) is 0 Å². The van der Waals surface area contributed by atoms with E-state index in [1.54, 1.807) is 0 Å². The van der Waals surface area contributed by atoms with Crippen LogP contribution < -0.4 is 5.32 Å². The van der Waals surface area contributed by atoms with Crippen LogP contribution in [-0.4, -0.2) is 49.8 Å². The monoisotopic (exact) mass is 228 g/mol. The van der Waals surface area contributed by atoms with E-state index < -0.39 is 0 Å². The minimum atomic E-state index is 0.364. The van der Waals surface area contributed by atoms with Gasteiger partial charge in [0.1, 0.15) is 0 Å². The van der Waals surface area contributed by atoms with Crippen LogP contribution in [0.15, 0.2) is 0 Å². The van der Waals surface area contributed by atoms with E-state index in [2.05, 4.69) is 37.9 Å². The van der Waals surface area contributed by atoms with E-state index in [-0.39, 0.29) is 0 Å². The van der Waals surface area contributed by atoms with Gasteiger partial charge in [-0.3, -0.25) is 4.90 Å². The highest BCUT2D eigenvalue weighted by Gasteiger charge is 2.29. The number of ether oxygens (including phenoxy) is 1. The Morgan fingerprint density at radius 1 is 1.38 bits per heavy atom. The number of hydrogen-bond acceptors (Lipinski definition) is 3. The van der Waals surface area contributed by atoms with E-state index in [9.17, 15) is 0 Å². The lowest BCUT2D eigenvalue weighted by atomic mass is 9.93. The molecule has 0 spiro atoms. The van der Waals surface area contributed by atoms with Crippen molar-refractivity contribution < 1.29 is 4.74 Å². The zero-order valence-corrected chi connectivity index (χ0v) is 11.3. The number of hydrogen-bond donors (Lipinski definition) is 1. The van der Waals surface area contributed by atoms with Crippen molar-refractivity contribution in [3.05, 3.63) is 0 Å². The lowest BCUT2D eigenvalue weighted by molar-refractivity contribution is -0.0538. The number of nitrogens with one attached hydrogen (secondary N) is 1. The summed E-state index contributed by atoms with van der Waals surface area (Å²) in [6.45, 7) is 14.2. The number of rotatable bonds is 6. The summed E-state index contributed by atoms with van der Waals surface area (Å²) in [6.07, 6.45) is 1.58. The highest BCUT2D eigenvalue weighted by molar-refractivity contribution is 4.85. The highest BCUT2D eigenvalue weighted by atomic mass is 16.5. The largest absolute Gasteiger partial charge is 0.374 e. The fraction of sp³-hybridized carbons (Fsp3) is 1.00. The summed E-state index contributed by atoms with van der Waals surface area (Å²) in [5.41, 5.74) is 0. The molecule has 0 aliphatic carbocycles. The average molecular weight is 228 g/mol. The molecule has 1 rings (SSSR count). The molecule has 0 saturated carbocycles. The molecular formula is C13H28N2O. The normalized spacial score (nSPS) is 26.6. The Balaban J connectivity index is 2.55. The molecule has 0 aromatic heterocycles. The smallest absolute Gasteiger partial charge is 0.0857 e. The van der Waals surface area contributed by atoms with E-state index >= 15 is 0 Å². The van der Waals surface area contributed by atoms with E-state index in [0.717, 1.165) is 32.8 Å². The molecule has 16 heavy (non-hydrogen) atoms. The van der Waals surface area contributed by atoms with Gasteiger partial charge in [0.25, 0.3) is 0 Å². The van der Waals surface area contributed by atoms with Crippen molar-refractivity contribution >= 4 is 0 Å². The molecular weight excluding hydrogens is 200 g/mol. The van der Waals surface area contributed by atoms with Crippen LogP contribution in [0.25, 0.3) is 0 Å². The van der Waals surface area contributed by atoms with E-state index in [1.807, 2.05) is 0 Å². The standard InChI is InChI=1S/C13H28N2O/c1-5-11(4)13(14-6-2)12-10-15(7-3)8-9-16-12/h11-14H,5-10H2,1-4H3. The quantitative estimate of drug-likeness (QED) is 0.749. The maximum Gasteiger partial charge on any atom is 0.0857 e. The molecule has 0 bridgehead atoms. The van der Waals surface area contributed by atoms with Crippen molar-refractivity contribution in [2.45, 2.75) is 46.3 Å². The zero-order chi connectivity index (χ0) is 12.0. The summed E-state index contributed by atoms with van der Waals surface area (Å²) >= 11 is 0. The van der Waals surface area contributed by atoms with Crippen molar-refractivity contribution in [3.63, 3.8) is 0 Å². The van der Waals surface area contributed by atoms with Gasteiger partial charge in [-0.05, 0) is 19.0 Å². The summed E-state index contributed by atoms with van der Waals surface area (Å²) in [4.78, 5) is 2.49. The fourth-order valence-electron chi connectivity index (χ4n) is 2.42. The Labute approximate surface area is 101 Å². The molecule has 3 heteroatoms. The Morgan fingerprint density at radius 3 is 2.69 bits per heavy atom. The van der Waals surface area contributed by atoms with Crippen molar-refractivity contribution in [2.24, 2.45) is 5.92 Å². The third kappa shape index (κ3) is 3.72. The van der Waals surface area contributed by atoms with Crippen LogP contribution in [0, 0.1) is 5.92 Å². The maximum atomic E-state index is 5.94. The number of nitrogens with zero attached hydrogens (tertiary/aromatic N) is 1. The molecule has 0 aromatic rings. The molecule has 3 unspecified atom stereocenters. The first-order valence-electron chi connectivity index (χ1n) is 6.80. The highest BCUT2D eigenvalue weighted by Crippen LogP contribution is 2.17. The zero-order valence-electron chi connectivity index (χ0n) is 11.3. The van der Waals surface area contributed by atoms with Gasteiger partial charge in [0, 0.05) is 19.1 Å². The van der Waals surface area contributed by atoms with E-state index in [1.165, 1.54) is 6.42 Å². The third-order valence-corrected chi connectivity index (χ3v) is 3.72. The molecule has 1 fully saturated rings. The molecule has 0 amide bonds. The second-order valence-electron chi connectivity index (χ2n) is 4.77. The lowest BCUT2D eigenvalue weighted by Crippen LogP contribution is -2.54. The summed E-state index contributed by atoms with van der Waals surface area (Å²) in [5.74, 6) is 0.682. The Bertz CT molecular complexity index is 187. The minimum absolute atomic E-state index is 0.364. The Morgan fingerprint density at radius 2 is 2.12 bits per heavy atom. The second kappa shape index (κ2) is 7.25. The van der Waals surface area contributed by atoms with Gasteiger partial charge in [0.2, 0.25) is 0 Å². The van der Waals surface area contributed by atoms with Gasteiger partial charge in [-0.15, -0.1) is 0 Å². The van der Waals surface area contributed by atoms with Crippen molar-refractivity contribution in [1.82, 2.24) is 10.2 Å². The second-order valence-corrected chi connectivity index (χ2v) is 4.77. The topological polar surface area (TPSA) is 24.5 Å². The molecule has 96 valence electrons. The first kappa shape index (κ1) is 13.9. The first-order valence-corrected chi connectivity index (χ1v) is 6.80. The van der Waals surface area contributed by atoms with Gasteiger partial charge < -0.3 is 10.1 Å². The third-order valence-electron chi connectivity index (χ3n) is 3.72. The van der Waals surface area contributed by atoms with Crippen LogP contribution in [0.3, 0.4) is 0 Å². The lowest BCUT2D eigenvalue weighted by Gasteiger charge is -2.39. The van der Waals surface area contributed by atoms with E-state index in [4.69, 9.17) is 4.74 Å². The van der Waals surface area contributed by atoms with Crippen LogP contribution in [-0.2, 0) is 4.74 Å². The van der Waals surface area contributed by atoms with Gasteiger partial charge in [0.15, 0.2) is 0 Å². The first-order chi connectivity index (χ1) is 7.72. The molecule has 0 aromatic carbocycles. The molecule has 3 nitrogen and oxygen atoms in total. The van der Waals surface area contributed by atoms with Gasteiger partial charge in [-0.25, -0.2) is 0 Å². The average Bonchev–Trinajstić information content (AvgIpc) is 2.35. The van der Waals surface area contributed by atoms with Gasteiger partial charge in [0.05, 0.1) is 12.7 Å². The molecule has 1 aliphatic rings. The maximum absolute atomic E-state index is 5.94. The summed E-state index contributed by atoms with van der Waals surface area (Å²) < 4.78 is 5.94. The van der Waals surface area contributed by atoms with Crippen LogP contribution in [0.1, 0.15) is 34.1 Å². The molecule has 0 radical (unpaired) electrons. The van der Waals surface area contributed by atoms with Gasteiger partial charge >= 0.3 is 0 Å². The van der Waals surface area contributed by atoms with Crippen molar-refractivity contribution in [3.8, 4) is 0 Å². The van der Waals surface area contributed by atoms with Crippen molar-refractivity contribution in [1.29, 1.82) is 0 Å². The van der Waals surface area contributed by atoms with Gasteiger partial charge in [-0.1, -0.05) is 34.1 Å². The summed E-state index contributed by atoms with van der Waals surface area (Å²) in [6, 6.07) is 0.504.